The fourth-order valence-corrected chi connectivity index (χ4v) is 3.75. The van der Waals surface area contributed by atoms with E-state index in [-0.39, 0.29) is 6.42 Å². The predicted octanol–water partition coefficient (Wildman–Crippen LogP) is 4.29. The lowest BCUT2D eigenvalue weighted by molar-refractivity contribution is -0.167. The second kappa shape index (κ2) is 10.9. The Morgan fingerprint density at radius 1 is 1.13 bits per heavy atom. The van der Waals surface area contributed by atoms with Crippen LogP contribution >= 0.6 is 0 Å². The van der Waals surface area contributed by atoms with Gasteiger partial charge in [0.15, 0.2) is 6.23 Å². The van der Waals surface area contributed by atoms with E-state index in [1.165, 1.54) is 18.9 Å². The number of rotatable bonds is 8. The molecular formula is C23H33NO6. The molecule has 0 aromatic heterocycles. The van der Waals surface area contributed by atoms with Gasteiger partial charge in [-0.3, -0.25) is 9.69 Å². The summed E-state index contributed by atoms with van der Waals surface area (Å²) in [6, 6.07) is -0.936. The number of carbonyl (C=O) groups is 3. The Balaban J connectivity index is 3.51. The van der Waals surface area contributed by atoms with Crippen molar-refractivity contribution in [2.45, 2.75) is 77.7 Å². The first-order chi connectivity index (χ1) is 14.0. The van der Waals surface area contributed by atoms with Crippen LogP contribution in [0.3, 0.4) is 0 Å². The molecule has 7 nitrogen and oxygen atoms in total. The van der Waals surface area contributed by atoms with Gasteiger partial charge in [-0.25, -0.2) is 9.59 Å². The molecule has 0 saturated carbocycles. The Hall–Kier alpha value is -2.75. The summed E-state index contributed by atoms with van der Waals surface area (Å²) in [5.74, 6) is -1.14. The normalized spacial score (nSPS) is 23.0. The van der Waals surface area contributed by atoms with Crippen molar-refractivity contribution in [3.8, 4) is 0 Å². The number of ether oxygens (including phenoxy) is 3. The third-order valence-electron chi connectivity index (χ3n) is 4.93. The topological polar surface area (TPSA) is 82.1 Å². The van der Waals surface area contributed by atoms with Gasteiger partial charge < -0.3 is 14.2 Å². The van der Waals surface area contributed by atoms with Crippen LogP contribution in [0.5, 0.6) is 0 Å². The quantitative estimate of drug-likeness (QED) is 0.332. The first-order valence-electron chi connectivity index (χ1n) is 9.96. The lowest BCUT2D eigenvalue weighted by Gasteiger charge is -2.37. The molecule has 1 rings (SSSR count). The summed E-state index contributed by atoms with van der Waals surface area (Å²) in [6.45, 7) is 13.6. The molecule has 2 atom stereocenters. The van der Waals surface area contributed by atoms with E-state index in [0.717, 1.165) is 0 Å². The maximum absolute atomic E-state index is 13.1. The van der Waals surface area contributed by atoms with Crippen LogP contribution in [0.1, 0.15) is 59.8 Å². The zero-order valence-electron chi connectivity index (χ0n) is 18.7. The van der Waals surface area contributed by atoms with E-state index in [2.05, 4.69) is 24.6 Å². The molecule has 1 fully saturated rings. The van der Waals surface area contributed by atoms with Gasteiger partial charge in [-0.15, -0.1) is 11.5 Å². The number of nitrogens with zero attached hydrogens (tertiary/aromatic N) is 1. The number of allylic oxidation sites excluding steroid dienone is 2. The molecule has 1 amide bonds. The lowest BCUT2D eigenvalue weighted by atomic mass is 9.75. The highest BCUT2D eigenvalue weighted by Crippen LogP contribution is 2.49. The van der Waals surface area contributed by atoms with Gasteiger partial charge >= 0.3 is 18.0 Å². The zero-order valence-corrected chi connectivity index (χ0v) is 18.7. The average Bonchev–Trinajstić information content (AvgIpc) is 2.94. The van der Waals surface area contributed by atoms with Crippen LogP contribution in [0.25, 0.3) is 0 Å². The minimum Gasteiger partial charge on any atom is -0.467 e. The SMILES string of the molecule is C=C=CCCC1(CCC=C=C)C[C@@H](C(=O)OC)N(C(=O)OC(C)(C)C)C1OC(C)=O. The molecule has 0 aliphatic carbocycles. The number of hydrogen-bond donors (Lipinski definition) is 0. The molecule has 1 saturated heterocycles. The molecule has 0 aromatic carbocycles. The molecule has 166 valence electrons. The van der Waals surface area contributed by atoms with E-state index in [1.54, 1.807) is 32.9 Å². The largest absolute Gasteiger partial charge is 0.467 e. The van der Waals surface area contributed by atoms with E-state index in [0.29, 0.717) is 25.7 Å². The smallest absolute Gasteiger partial charge is 0.413 e. The number of carbonyl (C=O) groups excluding carboxylic acids is 3. The van der Waals surface area contributed by atoms with Gasteiger partial charge in [0.2, 0.25) is 0 Å². The van der Waals surface area contributed by atoms with Crippen molar-refractivity contribution in [2.75, 3.05) is 7.11 Å². The fraction of sp³-hybridized carbons (Fsp3) is 0.609. The first kappa shape index (κ1) is 25.3. The standard InChI is InChI=1S/C23H33NO6/c1-8-10-12-14-23(15-13-11-9-2)16-18(19(26)28-7)24(20(23)29-17(3)25)21(27)30-22(4,5)6/h10-11,18,20H,1-2,12-16H2,3-7H3/t18-,20?/m0/s1. The number of amides is 1. The molecule has 1 aliphatic rings. The maximum atomic E-state index is 13.1. The molecule has 1 unspecified atom stereocenters. The second-order valence-electron chi connectivity index (χ2n) is 8.35. The van der Waals surface area contributed by atoms with E-state index in [4.69, 9.17) is 14.2 Å². The summed E-state index contributed by atoms with van der Waals surface area (Å²) in [5.41, 5.74) is 3.98. The van der Waals surface area contributed by atoms with Crippen molar-refractivity contribution in [1.29, 1.82) is 0 Å². The molecule has 1 heterocycles. The molecular weight excluding hydrogens is 386 g/mol. The molecule has 0 N–H and O–H groups in total. The summed E-state index contributed by atoms with van der Waals surface area (Å²) in [6.07, 6.45) is 4.39. The van der Waals surface area contributed by atoms with Gasteiger partial charge in [0.1, 0.15) is 11.6 Å². The van der Waals surface area contributed by atoms with Crippen LogP contribution in [0.4, 0.5) is 4.79 Å². The Labute approximate surface area is 179 Å². The average molecular weight is 420 g/mol. The first-order valence-corrected chi connectivity index (χ1v) is 9.96. The Bertz CT molecular complexity index is 715. The third kappa shape index (κ3) is 6.65. The van der Waals surface area contributed by atoms with Crippen molar-refractivity contribution in [3.05, 3.63) is 36.8 Å². The van der Waals surface area contributed by atoms with Gasteiger partial charge in [0.25, 0.3) is 0 Å². The van der Waals surface area contributed by atoms with Gasteiger partial charge in [0, 0.05) is 12.3 Å². The predicted molar refractivity (Wildman–Crippen MR) is 112 cm³/mol. The minimum atomic E-state index is -0.981. The Morgan fingerprint density at radius 3 is 2.07 bits per heavy atom. The van der Waals surface area contributed by atoms with Crippen LogP contribution in [0, 0.1) is 5.41 Å². The highest BCUT2D eigenvalue weighted by Gasteiger charge is 2.58. The molecule has 0 radical (unpaired) electrons. The van der Waals surface area contributed by atoms with Crippen LogP contribution in [-0.4, -0.2) is 47.9 Å². The summed E-state index contributed by atoms with van der Waals surface area (Å²) in [7, 11) is 1.26. The molecule has 30 heavy (non-hydrogen) atoms. The number of likely N-dealkylation sites (tertiary alicyclic amines) is 1. The van der Waals surface area contributed by atoms with Gasteiger partial charge in [0.05, 0.1) is 7.11 Å². The molecule has 0 bridgehead atoms. The van der Waals surface area contributed by atoms with Gasteiger partial charge in [-0.1, -0.05) is 13.2 Å². The van der Waals surface area contributed by atoms with Crippen molar-refractivity contribution < 1.29 is 28.6 Å². The van der Waals surface area contributed by atoms with Crippen molar-refractivity contribution >= 4 is 18.0 Å². The van der Waals surface area contributed by atoms with E-state index in [1.807, 2.05) is 0 Å². The minimum absolute atomic E-state index is 0.271. The van der Waals surface area contributed by atoms with Crippen molar-refractivity contribution in [3.63, 3.8) is 0 Å². The highest BCUT2D eigenvalue weighted by molar-refractivity contribution is 5.83. The summed E-state index contributed by atoms with van der Waals surface area (Å²) >= 11 is 0. The molecule has 7 heteroatoms. The molecule has 0 aromatic rings. The van der Waals surface area contributed by atoms with Gasteiger partial charge in [-0.05, 0) is 65.0 Å². The summed E-state index contributed by atoms with van der Waals surface area (Å²) in [5, 5.41) is 0. The van der Waals surface area contributed by atoms with E-state index >= 15 is 0 Å². The van der Waals surface area contributed by atoms with Gasteiger partial charge in [-0.2, -0.15) is 0 Å². The Morgan fingerprint density at radius 2 is 1.67 bits per heavy atom. The number of methoxy groups -OCH3 is 1. The van der Waals surface area contributed by atoms with Crippen molar-refractivity contribution in [1.82, 2.24) is 4.90 Å². The van der Waals surface area contributed by atoms with Crippen LogP contribution in [0.15, 0.2) is 36.8 Å². The van der Waals surface area contributed by atoms with E-state index < -0.39 is 41.3 Å². The number of esters is 2. The summed E-state index contributed by atoms with van der Waals surface area (Å²) in [4.78, 5) is 38.9. The monoisotopic (exact) mass is 419 g/mol. The van der Waals surface area contributed by atoms with Crippen LogP contribution in [0.2, 0.25) is 0 Å². The Kier molecular flexibility index (Phi) is 9.16. The van der Waals surface area contributed by atoms with Crippen LogP contribution in [-0.2, 0) is 23.8 Å². The molecule has 0 spiro atoms. The lowest BCUT2D eigenvalue weighted by Crippen LogP contribution is -2.51. The maximum Gasteiger partial charge on any atom is 0.413 e. The molecule has 1 aliphatic heterocycles. The highest BCUT2D eigenvalue weighted by atomic mass is 16.6. The second-order valence-corrected chi connectivity index (χ2v) is 8.35. The number of hydrogen-bond acceptors (Lipinski definition) is 6. The fourth-order valence-electron chi connectivity index (χ4n) is 3.75. The third-order valence-corrected chi connectivity index (χ3v) is 4.93. The van der Waals surface area contributed by atoms with Crippen molar-refractivity contribution in [2.24, 2.45) is 5.41 Å². The zero-order chi connectivity index (χ0) is 22.9. The van der Waals surface area contributed by atoms with Crippen LogP contribution < -0.4 is 0 Å². The van der Waals surface area contributed by atoms with E-state index in [9.17, 15) is 14.4 Å². The summed E-state index contributed by atoms with van der Waals surface area (Å²) < 4.78 is 16.1.